The molecular formula is C21H31N3OS. The number of rotatable bonds is 9. The number of nitrogens with one attached hydrogen (secondary N) is 1. The van der Waals surface area contributed by atoms with Gasteiger partial charge in [0.15, 0.2) is 0 Å². The minimum Gasteiger partial charge on any atom is -0.486 e. The zero-order chi connectivity index (χ0) is 18.2. The fraction of sp³-hybridized carbons (Fsp3) is 0.571. The third kappa shape index (κ3) is 5.79. The van der Waals surface area contributed by atoms with Gasteiger partial charge in [0.05, 0.1) is 5.69 Å². The summed E-state index contributed by atoms with van der Waals surface area (Å²) in [6.07, 6.45) is 4.11. The molecule has 0 saturated carbocycles. The number of aromatic nitrogens is 1. The van der Waals surface area contributed by atoms with Gasteiger partial charge in [0.1, 0.15) is 17.4 Å². The molecule has 0 atom stereocenters. The highest BCUT2D eigenvalue weighted by Crippen LogP contribution is 2.26. The monoisotopic (exact) mass is 373 g/mol. The van der Waals surface area contributed by atoms with Crippen molar-refractivity contribution in [2.75, 3.05) is 26.2 Å². The molecule has 2 heterocycles. The number of benzene rings is 1. The van der Waals surface area contributed by atoms with Crippen molar-refractivity contribution >= 4 is 11.3 Å². The van der Waals surface area contributed by atoms with E-state index in [1.165, 1.54) is 37.9 Å². The molecule has 0 radical (unpaired) electrons. The Balaban J connectivity index is 1.40. The summed E-state index contributed by atoms with van der Waals surface area (Å²) in [5.74, 6) is 1.43. The van der Waals surface area contributed by atoms with E-state index in [4.69, 9.17) is 9.72 Å². The molecule has 1 N–H and O–H groups in total. The molecule has 0 aliphatic carbocycles. The third-order valence-electron chi connectivity index (χ3n) is 4.85. The first-order valence-electron chi connectivity index (χ1n) is 9.80. The maximum Gasteiger partial charge on any atom is 0.140 e. The zero-order valence-corrected chi connectivity index (χ0v) is 16.9. The van der Waals surface area contributed by atoms with E-state index in [0.717, 1.165) is 36.1 Å². The van der Waals surface area contributed by atoms with E-state index < -0.39 is 0 Å². The van der Waals surface area contributed by atoms with Crippen LogP contribution < -0.4 is 10.1 Å². The van der Waals surface area contributed by atoms with Crippen LogP contribution in [0.5, 0.6) is 5.75 Å². The fourth-order valence-corrected chi connectivity index (χ4v) is 4.07. The van der Waals surface area contributed by atoms with Crippen LogP contribution >= 0.6 is 11.3 Å². The lowest BCUT2D eigenvalue weighted by Crippen LogP contribution is -2.35. The first kappa shape index (κ1) is 19.3. The maximum absolute atomic E-state index is 6.02. The highest BCUT2D eigenvalue weighted by atomic mass is 32.1. The van der Waals surface area contributed by atoms with Crippen molar-refractivity contribution in [1.29, 1.82) is 0 Å². The molecule has 5 heteroatoms. The summed E-state index contributed by atoms with van der Waals surface area (Å²) < 4.78 is 6.02. The van der Waals surface area contributed by atoms with Crippen LogP contribution in [0.2, 0.25) is 0 Å². The molecular weight excluding hydrogens is 342 g/mol. The number of hydrogen-bond donors (Lipinski definition) is 1. The number of nitrogens with zero attached hydrogens (tertiary/aromatic N) is 2. The number of thiazole rings is 1. The van der Waals surface area contributed by atoms with Gasteiger partial charge in [0.25, 0.3) is 0 Å². The topological polar surface area (TPSA) is 37.4 Å². The van der Waals surface area contributed by atoms with Crippen LogP contribution in [0, 0.1) is 0 Å². The minimum absolute atomic E-state index is 0.460. The van der Waals surface area contributed by atoms with Crippen molar-refractivity contribution in [1.82, 2.24) is 15.2 Å². The van der Waals surface area contributed by atoms with Gasteiger partial charge in [-0.2, -0.15) is 0 Å². The second-order valence-electron chi connectivity index (χ2n) is 7.29. The SMILES string of the molecule is CC(C)c1ccccc1OCc1nc(CNCCN2CCCCC2)cs1. The molecule has 2 aromatic rings. The summed E-state index contributed by atoms with van der Waals surface area (Å²) in [5.41, 5.74) is 2.37. The van der Waals surface area contributed by atoms with Crippen molar-refractivity contribution in [2.45, 2.75) is 52.2 Å². The molecule has 0 unspecified atom stereocenters. The summed E-state index contributed by atoms with van der Waals surface area (Å²) in [6.45, 7) is 10.5. The Kier molecular flexibility index (Phi) is 7.47. The second kappa shape index (κ2) is 10.0. The van der Waals surface area contributed by atoms with Gasteiger partial charge >= 0.3 is 0 Å². The Morgan fingerprint density at radius 1 is 1.19 bits per heavy atom. The highest BCUT2D eigenvalue weighted by Gasteiger charge is 2.10. The van der Waals surface area contributed by atoms with Gasteiger partial charge < -0.3 is 15.0 Å². The molecule has 0 spiro atoms. The van der Waals surface area contributed by atoms with Crippen molar-refractivity contribution in [2.24, 2.45) is 0 Å². The van der Waals surface area contributed by atoms with Crippen LogP contribution in [-0.2, 0) is 13.2 Å². The van der Waals surface area contributed by atoms with Crippen LogP contribution in [0.15, 0.2) is 29.6 Å². The predicted molar refractivity (Wildman–Crippen MR) is 109 cm³/mol. The minimum atomic E-state index is 0.460. The number of piperidine rings is 1. The van der Waals surface area contributed by atoms with E-state index in [-0.39, 0.29) is 0 Å². The smallest absolute Gasteiger partial charge is 0.140 e. The Labute approximate surface area is 161 Å². The molecule has 0 amide bonds. The average Bonchev–Trinajstić information content (AvgIpc) is 3.12. The molecule has 0 bridgehead atoms. The number of para-hydroxylation sites is 1. The van der Waals surface area contributed by atoms with Crippen molar-refractivity contribution < 1.29 is 4.74 Å². The molecule has 1 aliphatic rings. The van der Waals surface area contributed by atoms with E-state index in [2.05, 4.69) is 41.6 Å². The van der Waals surface area contributed by atoms with Gasteiger partial charge in [-0.25, -0.2) is 4.98 Å². The van der Waals surface area contributed by atoms with E-state index in [1.54, 1.807) is 11.3 Å². The lowest BCUT2D eigenvalue weighted by atomic mass is 10.0. The van der Waals surface area contributed by atoms with Crippen LogP contribution in [0.4, 0.5) is 0 Å². The summed E-state index contributed by atoms with van der Waals surface area (Å²) >= 11 is 1.68. The maximum atomic E-state index is 6.02. The highest BCUT2D eigenvalue weighted by molar-refractivity contribution is 7.09. The standard InChI is InChI=1S/C21H31N3OS/c1-17(2)19-8-4-5-9-20(19)25-15-21-23-18(16-26-21)14-22-10-13-24-11-6-3-7-12-24/h4-5,8-9,16-17,22H,3,6-7,10-15H2,1-2H3. The zero-order valence-electron chi connectivity index (χ0n) is 16.0. The number of ether oxygens (including phenoxy) is 1. The van der Waals surface area contributed by atoms with E-state index in [0.29, 0.717) is 12.5 Å². The molecule has 1 aliphatic heterocycles. The van der Waals surface area contributed by atoms with Gasteiger partial charge in [-0.3, -0.25) is 0 Å². The lowest BCUT2D eigenvalue weighted by Gasteiger charge is -2.26. The van der Waals surface area contributed by atoms with Gasteiger partial charge in [-0.15, -0.1) is 11.3 Å². The Morgan fingerprint density at radius 3 is 2.81 bits per heavy atom. The van der Waals surface area contributed by atoms with Gasteiger partial charge in [0.2, 0.25) is 0 Å². The lowest BCUT2D eigenvalue weighted by molar-refractivity contribution is 0.229. The van der Waals surface area contributed by atoms with Crippen molar-refractivity contribution in [3.63, 3.8) is 0 Å². The van der Waals surface area contributed by atoms with E-state index in [1.807, 2.05) is 12.1 Å². The summed E-state index contributed by atoms with van der Waals surface area (Å²) in [6, 6.07) is 8.28. The quantitative estimate of drug-likeness (QED) is 0.660. The molecule has 4 nitrogen and oxygen atoms in total. The van der Waals surface area contributed by atoms with E-state index in [9.17, 15) is 0 Å². The van der Waals surface area contributed by atoms with Gasteiger partial charge in [-0.05, 0) is 43.5 Å². The summed E-state index contributed by atoms with van der Waals surface area (Å²) in [5, 5.41) is 6.70. The molecule has 1 aromatic carbocycles. The molecule has 1 aromatic heterocycles. The number of likely N-dealkylation sites (tertiary alicyclic amines) is 1. The van der Waals surface area contributed by atoms with Crippen molar-refractivity contribution in [3.8, 4) is 5.75 Å². The first-order valence-corrected chi connectivity index (χ1v) is 10.7. The summed E-state index contributed by atoms with van der Waals surface area (Å²) in [7, 11) is 0. The summed E-state index contributed by atoms with van der Waals surface area (Å²) in [4.78, 5) is 7.26. The molecule has 26 heavy (non-hydrogen) atoms. The molecule has 3 rings (SSSR count). The normalized spacial score (nSPS) is 15.5. The Morgan fingerprint density at radius 2 is 2.00 bits per heavy atom. The fourth-order valence-electron chi connectivity index (χ4n) is 3.36. The second-order valence-corrected chi connectivity index (χ2v) is 8.24. The van der Waals surface area contributed by atoms with E-state index >= 15 is 0 Å². The van der Waals surface area contributed by atoms with Crippen LogP contribution in [0.25, 0.3) is 0 Å². The van der Waals surface area contributed by atoms with Gasteiger partial charge in [0, 0.05) is 25.0 Å². The van der Waals surface area contributed by atoms with Gasteiger partial charge in [-0.1, -0.05) is 38.5 Å². The Bertz CT molecular complexity index is 665. The van der Waals surface area contributed by atoms with Crippen LogP contribution in [0.1, 0.15) is 55.3 Å². The largest absolute Gasteiger partial charge is 0.486 e. The first-order chi connectivity index (χ1) is 12.7. The van der Waals surface area contributed by atoms with Crippen LogP contribution in [-0.4, -0.2) is 36.1 Å². The molecule has 1 fully saturated rings. The van der Waals surface area contributed by atoms with Crippen molar-refractivity contribution in [3.05, 3.63) is 45.9 Å². The predicted octanol–water partition coefficient (Wildman–Crippen LogP) is 4.42. The third-order valence-corrected chi connectivity index (χ3v) is 5.72. The Hall–Kier alpha value is -1.43. The van der Waals surface area contributed by atoms with Crippen LogP contribution in [0.3, 0.4) is 0 Å². The number of hydrogen-bond acceptors (Lipinski definition) is 5. The molecule has 142 valence electrons. The average molecular weight is 374 g/mol. The molecule has 1 saturated heterocycles.